The van der Waals surface area contributed by atoms with Gasteiger partial charge in [-0.15, -0.1) is 0 Å². The summed E-state index contributed by atoms with van der Waals surface area (Å²) >= 11 is 0. The van der Waals surface area contributed by atoms with Crippen molar-refractivity contribution in [2.75, 3.05) is 13.2 Å². The van der Waals surface area contributed by atoms with E-state index in [1.165, 1.54) is 83.5 Å². The maximum Gasteiger partial charge on any atom is 0.306 e. The Morgan fingerprint density at radius 1 is 0.511 bits per heavy atom. The number of aliphatic hydroxyl groups excluding tert-OH is 1. The number of esters is 2. The molecule has 260 valence electrons. The molecule has 1 N–H and O–H groups in total. The van der Waals surface area contributed by atoms with E-state index in [1.807, 2.05) is 0 Å². The number of aliphatic hydroxyl groups is 1. The number of unbranched alkanes of at least 4 members (excludes halogenated alkanes) is 17. The summed E-state index contributed by atoms with van der Waals surface area (Å²) in [5, 5.41) is 9.53. The van der Waals surface area contributed by atoms with Crippen molar-refractivity contribution in [3.63, 3.8) is 0 Å². The van der Waals surface area contributed by atoms with Crippen molar-refractivity contribution < 1.29 is 24.2 Å². The van der Waals surface area contributed by atoms with Crippen LogP contribution >= 0.6 is 0 Å². The summed E-state index contributed by atoms with van der Waals surface area (Å²) in [6.45, 7) is 4.05. The minimum absolute atomic E-state index is 0.0765. The van der Waals surface area contributed by atoms with Crippen LogP contribution < -0.4 is 0 Å². The fourth-order valence-electron chi connectivity index (χ4n) is 4.97. The van der Waals surface area contributed by atoms with Gasteiger partial charge < -0.3 is 14.6 Å². The normalized spacial score (nSPS) is 12.7. The van der Waals surface area contributed by atoms with Crippen LogP contribution in [0.3, 0.4) is 0 Å². The lowest BCUT2D eigenvalue weighted by Crippen LogP contribution is -2.28. The molecule has 0 aliphatic rings. The highest BCUT2D eigenvalue weighted by Gasteiger charge is 2.16. The van der Waals surface area contributed by atoms with Crippen molar-refractivity contribution in [1.29, 1.82) is 0 Å². The predicted molar refractivity (Wildman–Crippen MR) is 191 cm³/mol. The Balaban J connectivity index is 3.62. The molecule has 0 fully saturated rings. The molecule has 0 aliphatic carbocycles. The van der Waals surface area contributed by atoms with Crippen LogP contribution in [0.2, 0.25) is 0 Å². The van der Waals surface area contributed by atoms with Gasteiger partial charge in [0.1, 0.15) is 6.61 Å². The lowest BCUT2D eigenvalue weighted by molar-refractivity contribution is -0.161. The van der Waals surface area contributed by atoms with E-state index in [9.17, 15) is 14.7 Å². The molecule has 0 amide bonds. The molecule has 0 aromatic rings. The van der Waals surface area contributed by atoms with Crippen LogP contribution in [0.4, 0.5) is 0 Å². The number of allylic oxidation sites excluding steroid dienone is 8. The molecule has 0 heterocycles. The molecule has 0 bridgehead atoms. The second-order valence-electron chi connectivity index (χ2n) is 12.3. The fourth-order valence-corrected chi connectivity index (χ4v) is 4.97. The van der Waals surface area contributed by atoms with Crippen LogP contribution in [0.5, 0.6) is 0 Å². The lowest BCUT2D eigenvalue weighted by atomic mass is 10.1. The van der Waals surface area contributed by atoms with Crippen LogP contribution in [-0.4, -0.2) is 36.4 Å². The molecule has 0 spiro atoms. The Hall–Kier alpha value is -2.14. The number of carbonyl (C=O) groups is 2. The zero-order chi connectivity index (χ0) is 32.9. The fraction of sp³-hybridized carbons (Fsp3) is 0.750. The van der Waals surface area contributed by atoms with Crippen LogP contribution in [0, 0.1) is 0 Å². The summed E-state index contributed by atoms with van der Waals surface area (Å²) in [4.78, 5) is 24.2. The number of carbonyl (C=O) groups excluding carboxylic acids is 2. The SMILES string of the molecule is CCCCC/C=C\C/C=C\C/C=C\CCCCCCCCC(=O)O[C@@H](CO)COC(=O)CCCCCCC/C=C\CCCCC. The quantitative estimate of drug-likeness (QED) is 0.0444. The Labute approximate surface area is 278 Å². The van der Waals surface area contributed by atoms with Crippen LogP contribution in [-0.2, 0) is 19.1 Å². The maximum absolute atomic E-state index is 12.1. The van der Waals surface area contributed by atoms with Gasteiger partial charge in [-0.2, -0.15) is 0 Å². The highest BCUT2D eigenvalue weighted by molar-refractivity contribution is 5.70. The van der Waals surface area contributed by atoms with Gasteiger partial charge in [-0.25, -0.2) is 0 Å². The first-order chi connectivity index (χ1) is 22.1. The maximum atomic E-state index is 12.1. The van der Waals surface area contributed by atoms with Crippen molar-refractivity contribution in [1.82, 2.24) is 0 Å². The number of hydrogen-bond donors (Lipinski definition) is 1. The zero-order valence-corrected chi connectivity index (χ0v) is 29.4. The third kappa shape index (κ3) is 34.6. The minimum atomic E-state index is -0.780. The van der Waals surface area contributed by atoms with E-state index in [0.717, 1.165) is 64.2 Å². The number of rotatable bonds is 33. The summed E-state index contributed by atoms with van der Waals surface area (Å²) < 4.78 is 10.6. The third-order valence-electron chi connectivity index (χ3n) is 7.85. The van der Waals surface area contributed by atoms with Crippen molar-refractivity contribution >= 4 is 11.9 Å². The van der Waals surface area contributed by atoms with Crippen LogP contribution in [0.15, 0.2) is 48.6 Å². The van der Waals surface area contributed by atoms with Gasteiger partial charge in [0, 0.05) is 12.8 Å². The Morgan fingerprint density at radius 2 is 0.889 bits per heavy atom. The molecule has 0 saturated heterocycles. The molecular formula is C40H70O5. The summed E-state index contributed by atoms with van der Waals surface area (Å²) in [6.07, 6.45) is 44.5. The van der Waals surface area contributed by atoms with Gasteiger partial charge in [-0.1, -0.05) is 133 Å². The van der Waals surface area contributed by atoms with Crippen LogP contribution in [0.25, 0.3) is 0 Å². The topological polar surface area (TPSA) is 72.8 Å². The van der Waals surface area contributed by atoms with E-state index in [4.69, 9.17) is 9.47 Å². The second-order valence-corrected chi connectivity index (χ2v) is 12.3. The molecular weight excluding hydrogens is 560 g/mol. The molecule has 5 heteroatoms. The summed E-state index contributed by atoms with van der Waals surface area (Å²) in [5.41, 5.74) is 0. The number of ether oxygens (including phenoxy) is 2. The first-order valence-electron chi connectivity index (χ1n) is 18.7. The molecule has 0 unspecified atom stereocenters. The van der Waals surface area contributed by atoms with Crippen molar-refractivity contribution in [3.8, 4) is 0 Å². The lowest BCUT2D eigenvalue weighted by Gasteiger charge is -2.15. The van der Waals surface area contributed by atoms with E-state index in [2.05, 4.69) is 62.5 Å². The Bertz CT molecular complexity index is 767. The van der Waals surface area contributed by atoms with E-state index >= 15 is 0 Å². The number of hydrogen-bond acceptors (Lipinski definition) is 5. The molecule has 0 radical (unpaired) electrons. The average Bonchev–Trinajstić information content (AvgIpc) is 3.04. The molecule has 0 rings (SSSR count). The van der Waals surface area contributed by atoms with Gasteiger partial charge in [-0.05, 0) is 77.0 Å². The van der Waals surface area contributed by atoms with E-state index < -0.39 is 6.10 Å². The van der Waals surface area contributed by atoms with Gasteiger partial charge in [0.05, 0.1) is 6.61 Å². The summed E-state index contributed by atoms with van der Waals surface area (Å²) in [5.74, 6) is -0.619. The molecule has 5 nitrogen and oxygen atoms in total. The van der Waals surface area contributed by atoms with Gasteiger partial charge in [-0.3, -0.25) is 9.59 Å². The van der Waals surface area contributed by atoms with Gasteiger partial charge >= 0.3 is 11.9 Å². The van der Waals surface area contributed by atoms with E-state index in [1.54, 1.807) is 0 Å². The first kappa shape index (κ1) is 42.9. The van der Waals surface area contributed by atoms with E-state index in [0.29, 0.717) is 12.8 Å². The molecule has 0 aromatic heterocycles. The zero-order valence-electron chi connectivity index (χ0n) is 29.4. The van der Waals surface area contributed by atoms with Gasteiger partial charge in [0.15, 0.2) is 6.10 Å². The highest BCUT2D eigenvalue weighted by atomic mass is 16.6. The predicted octanol–water partition coefficient (Wildman–Crippen LogP) is 11.5. The smallest absolute Gasteiger partial charge is 0.306 e. The monoisotopic (exact) mass is 631 g/mol. The minimum Gasteiger partial charge on any atom is -0.462 e. The third-order valence-corrected chi connectivity index (χ3v) is 7.85. The van der Waals surface area contributed by atoms with E-state index in [-0.39, 0.29) is 25.2 Å². The molecule has 0 aromatic carbocycles. The molecule has 45 heavy (non-hydrogen) atoms. The van der Waals surface area contributed by atoms with Crippen molar-refractivity contribution in [3.05, 3.63) is 48.6 Å². The molecule has 0 aliphatic heterocycles. The standard InChI is InChI=1S/C40H70O5/c1-3-5-7-9-11-13-15-17-18-19-20-21-22-23-25-27-29-31-33-35-40(43)45-38(36-41)37-44-39(42)34-32-30-28-26-24-16-14-12-10-8-6-4-2/h11-14,17-18,20-21,38,41H,3-10,15-16,19,22-37H2,1-2H3/b13-11-,14-12-,18-17-,21-20-/t38-/m0/s1. The van der Waals surface area contributed by atoms with Gasteiger partial charge in [0.2, 0.25) is 0 Å². The average molecular weight is 631 g/mol. The highest BCUT2D eigenvalue weighted by Crippen LogP contribution is 2.12. The summed E-state index contributed by atoms with van der Waals surface area (Å²) in [7, 11) is 0. The summed E-state index contributed by atoms with van der Waals surface area (Å²) in [6, 6.07) is 0. The van der Waals surface area contributed by atoms with Gasteiger partial charge in [0.25, 0.3) is 0 Å². The van der Waals surface area contributed by atoms with Crippen molar-refractivity contribution in [2.45, 2.75) is 180 Å². The van der Waals surface area contributed by atoms with Crippen LogP contribution in [0.1, 0.15) is 174 Å². The second kappa shape index (κ2) is 36.3. The Morgan fingerprint density at radius 3 is 1.36 bits per heavy atom. The molecule has 1 atom stereocenters. The molecule has 0 saturated carbocycles. The first-order valence-corrected chi connectivity index (χ1v) is 18.7. The largest absolute Gasteiger partial charge is 0.462 e. The Kier molecular flexibility index (Phi) is 34.6. The van der Waals surface area contributed by atoms with Crippen molar-refractivity contribution in [2.24, 2.45) is 0 Å².